The summed E-state index contributed by atoms with van der Waals surface area (Å²) >= 11 is 0. The van der Waals surface area contributed by atoms with E-state index in [-0.39, 0.29) is 51.2 Å². The van der Waals surface area contributed by atoms with Crippen LogP contribution in [0.15, 0.2) is 59.5 Å². The van der Waals surface area contributed by atoms with E-state index in [4.69, 9.17) is 0 Å². The molecule has 0 bridgehead atoms. The number of halogens is 6. The fraction of sp³-hybridized carbons (Fsp3) is 0.517. The summed E-state index contributed by atoms with van der Waals surface area (Å²) in [7, 11) is -4.29. The maximum atomic E-state index is 13.6. The molecule has 3 aliphatic rings. The number of amides is 2. The van der Waals surface area contributed by atoms with Crippen LogP contribution in [0.5, 0.6) is 0 Å². The van der Waals surface area contributed by atoms with Gasteiger partial charge < -0.3 is 10.2 Å². The SMILES string of the molecule is O=C([C@@H](Cc1ccccc1)NC(=O)C1(C(F)(F)F)CC1)N1CCC(N(C2CC2)S(=O)(=O)c2cccc(C(F)(F)F)c2)CC1. The van der Waals surface area contributed by atoms with Crippen molar-refractivity contribution in [1.82, 2.24) is 14.5 Å². The topological polar surface area (TPSA) is 86.8 Å². The molecule has 5 rings (SSSR count). The zero-order valence-corrected chi connectivity index (χ0v) is 23.8. The number of likely N-dealkylation sites (tertiary alicyclic amines) is 1. The van der Waals surface area contributed by atoms with Crippen molar-refractivity contribution in [2.75, 3.05) is 13.1 Å². The van der Waals surface area contributed by atoms with Crippen LogP contribution in [0, 0.1) is 5.41 Å². The minimum absolute atomic E-state index is 0.0304. The van der Waals surface area contributed by atoms with Crippen LogP contribution in [0.1, 0.15) is 49.7 Å². The van der Waals surface area contributed by atoms with Crippen LogP contribution >= 0.6 is 0 Å². The second kappa shape index (κ2) is 11.4. The van der Waals surface area contributed by atoms with Crippen molar-refractivity contribution in [3.8, 4) is 0 Å². The highest BCUT2D eigenvalue weighted by atomic mass is 32.2. The Morgan fingerprint density at radius 3 is 2.05 bits per heavy atom. The van der Waals surface area contributed by atoms with Crippen molar-refractivity contribution >= 4 is 21.8 Å². The molecular weight excluding hydrogens is 600 g/mol. The molecule has 7 nitrogen and oxygen atoms in total. The molecule has 0 spiro atoms. The van der Waals surface area contributed by atoms with Gasteiger partial charge in [0.2, 0.25) is 21.8 Å². The molecule has 2 aliphatic carbocycles. The lowest BCUT2D eigenvalue weighted by Crippen LogP contribution is -2.56. The third kappa shape index (κ3) is 6.54. The number of nitrogens with one attached hydrogen (secondary N) is 1. The van der Waals surface area contributed by atoms with Gasteiger partial charge in [0.15, 0.2) is 0 Å². The standard InChI is InChI=1S/C29H31F6N3O4S/c30-28(31,32)20-7-4-8-23(18-20)43(41,42)38(21-9-10-21)22-11-15-37(16-12-22)25(39)24(17-19-5-2-1-3-6-19)36-26(40)27(13-14-27)29(33,34)35/h1-8,18,21-22,24H,9-17H2,(H,36,40)/t24-/m1/s1. The molecule has 1 saturated heterocycles. The summed E-state index contributed by atoms with van der Waals surface area (Å²) in [5.74, 6) is -1.82. The second-order valence-electron chi connectivity index (χ2n) is 11.4. The van der Waals surface area contributed by atoms with Crippen molar-refractivity contribution in [3.63, 3.8) is 0 Å². The van der Waals surface area contributed by atoms with Crippen LogP contribution in [0.25, 0.3) is 0 Å². The minimum atomic E-state index is -4.74. The molecule has 43 heavy (non-hydrogen) atoms. The molecule has 0 radical (unpaired) electrons. The van der Waals surface area contributed by atoms with Crippen molar-refractivity contribution in [2.24, 2.45) is 5.41 Å². The molecule has 1 N–H and O–H groups in total. The van der Waals surface area contributed by atoms with Gasteiger partial charge in [0, 0.05) is 31.6 Å². The first-order valence-corrected chi connectivity index (χ1v) is 15.5. The first-order valence-electron chi connectivity index (χ1n) is 14.0. The van der Waals surface area contributed by atoms with Gasteiger partial charge in [-0.3, -0.25) is 9.59 Å². The Hall–Kier alpha value is -3.13. The van der Waals surface area contributed by atoms with Gasteiger partial charge in [-0.1, -0.05) is 36.4 Å². The highest BCUT2D eigenvalue weighted by Crippen LogP contribution is 2.57. The van der Waals surface area contributed by atoms with E-state index in [1.54, 1.807) is 30.3 Å². The number of carbonyl (C=O) groups is 2. The van der Waals surface area contributed by atoms with Crippen LogP contribution in [-0.2, 0) is 32.2 Å². The van der Waals surface area contributed by atoms with Gasteiger partial charge >= 0.3 is 12.4 Å². The van der Waals surface area contributed by atoms with Crippen molar-refractivity contribution in [3.05, 3.63) is 65.7 Å². The molecule has 14 heteroatoms. The van der Waals surface area contributed by atoms with Gasteiger partial charge in [-0.05, 0) is 62.3 Å². The second-order valence-corrected chi connectivity index (χ2v) is 13.3. The lowest BCUT2D eigenvalue weighted by atomic mass is 9.99. The molecule has 2 amide bonds. The minimum Gasteiger partial charge on any atom is -0.343 e. The number of hydrogen-bond donors (Lipinski definition) is 1. The molecule has 1 aliphatic heterocycles. The van der Waals surface area contributed by atoms with E-state index in [1.165, 1.54) is 9.21 Å². The summed E-state index contributed by atoms with van der Waals surface area (Å²) in [5.41, 5.74) is -2.94. The van der Waals surface area contributed by atoms with Gasteiger partial charge in [0.05, 0.1) is 10.5 Å². The Morgan fingerprint density at radius 1 is 0.907 bits per heavy atom. The van der Waals surface area contributed by atoms with E-state index in [2.05, 4.69) is 5.32 Å². The molecule has 3 fully saturated rings. The van der Waals surface area contributed by atoms with Crippen molar-refractivity contribution in [1.29, 1.82) is 0 Å². The quantitative estimate of drug-likeness (QED) is 0.399. The van der Waals surface area contributed by atoms with Crippen LogP contribution < -0.4 is 5.32 Å². The zero-order chi connectivity index (χ0) is 31.2. The van der Waals surface area contributed by atoms with Gasteiger partial charge in [-0.15, -0.1) is 0 Å². The van der Waals surface area contributed by atoms with Crippen LogP contribution in [0.4, 0.5) is 26.3 Å². The fourth-order valence-corrected chi connectivity index (χ4v) is 7.62. The number of alkyl halides is 6. The highest BCUT2D eigenvalue weighted by molar-refractivity contribution is 7.89. The number of benzene rings is 2. The Morgan fingerprint density at radius 2 is 1.51 bits per heavy atom. The highest BCUT2D eigenvalue weighted by Gasteiger charge is 2.68. The molecule has 1 atom stereocenters. The number of nitrogens with zero attached hydrogens (tertiary/aromatic N) is 2. The van der Waals surface area contributed by atoms with Crippen molar-refractivity contribution in [2.45, 2.75) is 80.3 Å². The predicted molar refractivity (Wildman–Crippen MR) is 143 cm³/mol. The van der Waals surface area contributed by atoms with Gasteiger partial charge in [0.1, 0.15) is 11.5 Å². The van der Waals surface area contributed by atoms with E-state index in [0.717, 1.165) is 18.2 Å². The summed E-state index contributed by atoms with van der Waals surface area (Å²) in [6, 6.07) is 9.93. The lowest BCUT2D eigenvalue weighted by Gasteiger charge is -2.39. The summed E-state index contributed by atoms with van der Waals surface area (Å²) in [4.78, 5) is 27.3. The summed E-state index contributed by atoms with van der Waals surface area (Å²) < 4.78 is 109. The molecule has 234 valence electrons. The third-order valence-corrected chi connectivity index (χ3v) is 10.4. The van der Waals surface area contributed by atoms with E-state index in [9.17, 15) is 44.3 Å². The molecule has 2 saturated carbocycles. The molecule has 0 aromatic heterocycles. The molecule has 1 heterocycles. The molecule has 2 aromatic rings. The maximum absolute atomic E-state index is 13.6. The van der Waals surface area contributed by atoms with Gasteiger partial charge in [-0.25, -0.2) is 8.42 Å². The van der Waals surface area contributed by atoms with E-state index >= 15 is 0 Å². The number of hydrogen-bond acceptors (Lipinski definition) is 4. The van der Waals surface area contributed by atoms with E-state index in [0.29, 0.717) is 24.5 Å². The Bertz CT molecular complexity index is 1450. The average Bonchev–Trinajstić information content (AvgIpc) is 3.87. The third-order valence-electron chi connectivity index (χ3n) is 8.39. The zero-order valence-electron chi connectivity index (χ0n) is 23.0. The normalized spacial score (nSPS) is 20.1. The monoisotopic (exact) mass is 631 g/mol. The summed E-state index contributed by atoms with van der Waals surface area (Å²) in [5, 5.41) is 2.35. The van der Waals surface area contributed by atoms with Crippen LogP contribution in [-0.4, -0.2) is 66.8 Å². The smallest absolute Gasteiger partial charge is 0.343 e. The Balaban J connectivity index is 1.31. The summed E-state index contributed by atoms with van der Waals surface area (Å²) in [6.45, 7) is 0.132. The van der Waals surface area contributed by atoms with E-state index in [1.807, 2.05) is 0 Å². The largest absolute Gasteiger partial charge is 0.416 e. The molecule has 2 aromatic carbocycles. The van der Waals surface area contributed by atoms with Gasteiger partial charge in [-0.2, -0.15) is 30.6 Å². The first kappa shape index (κ1) is 31.3. The predicted octanol–water partition coefficient (Wildman–Crippen LogP) is 4.92. The number of sulfonamides is 1. The number of carbonyl (C=O) groups excluding carboxylic acids is 2. The number of piperidine rings is 1. The summed E-state index contributed by atoms with van der Waals surface area (Å²) in [6.07, 6.45) is -8.71. The maximum Gasteiger partial charge on any atom is 0.416 e. The Labute approximate surface area is 245 Å². The molecular formula is C29H31F6N3O4S. The number of rotatable bonds is 9. The average molecular weight is 632 g/mol. The van der Waals surface area contributed by atoms with Crippen LogP contribution in [0.3, 0.4) is 0 Å². The van der Waals surface area contributed by atoms with Gasteiger partial charge in [0.25, 0.3) is 0 Å². The fourth-order valence-electron chi connectivity index (χ4n) is 5.65. The lowest BCUT2D eigenvalue weighted by molar-refractivity contribution is -0.193. The van der Waals surface area contributed by atoms with E-state index < -0.39 is 62.1 Å². The first-order chi connectivity index (χ1) is 20.1. The molecule has 0 unspecified atom stereocenters. The van der Waals surface area contributed by atoms with Crippen LogP contribution in [0.2, 0.25) is 0 Å². The van der Waals surface area contributed by atoms with Crippen molar-refractivity contribution < 1.29 is 44.3 Å². The Kier molecular flexibility index (Phi) is 8.31.